The Morgan fingerprint density at radius 1 is 1.05 bits per heavy atom. The summed E-state index contributed by atoms with van der Waals surface area (Å²) in [5, 5.41) is 11.1. The van der Waals surface area contributed by atoms with Crippen LogP contribution in [0.3, 0.4) is 0 Å². The Morgan fingerprint density at radius 2 is 1.79 bits per heavy atom. The van der Waals surface area contributed by atoms with Gasteiger partial charge in [0.15, 0.2) is 0 Å². The zero-order valence-corrected chi connectivity index (χ0v) is 10.6. The largest absolute Gasteiger partial charge is 0.490 e. The zero-order chi connectivity index (χ0) is 13.1. The molecule has 1 heterocycles. The highest BCUT2D eigenvalue weighted by Gasteiger charge is 2.16. The number of ether oxygens (including phenoxy) is 2. The molecule has 19 heavy (non-hydrogen) atoms. The smallest absolute Gasteiger partial charge is 0.127 e. The van der Waals surface area contributed by atoms with Crippen molar-refractivity contribution in [3.63, 3.8) is 0 Å². The molecule has 96 valence electrons. The Morgan fingerprint density at radius 3 is 2.53 bits per heavy atom. The van der Waals surface area contributed by atoms with Crippen molar-refractivity contribution in [2.45, 2.75) is 18.9 Å². The third kappa shape index (κ3) is 2.40. The number of hydrogen-bond acceptors (Lipinski definition) is 3. The molecule has 3 heteroatoms. The van der Waals surface area contributed by atoms with E-state index in [9.17, 15) is 0 Å². The molecule has 1 saturated heterocycles. The Kier molecular flexibility index (Phi) is 3.35. The Hall–Kier alpha value is -2.05. The summed E-state index contributed by atoms with van der Waals surface area (Å²) in [5.74, 6) is 0.863. The maximum atomic E-state index is 9.14. The number of benzene rings is 2. The monoisotopic (exact) mass is 253 g/mol. The molecule has 1 aliphatic rings. The highest BCUT2D eigenvalue weighted by Crippen LogP contribution is 2.30. The van der Waals surface area contributed by atoms with Gasteiger partial charge in [0.2, 0.25) is 0 Å². The lowest BCUT2D eigenvalue weighted by Crippen LogP contribution is -2.25. The molecule has 0 aromatic heterocycles. The van der Waals surface area contributed by atoms with E-state index in [1.54, 1.807) is 0 Å². The first-order chi connectivity index (χ1) is 9.38. The molecule has 0 radical (unpaired) electrons. The lowest BCUT2D eigenvalue weighted by Gasteiger charge is -2.24. The molecule has 0 N–H and O–H groups in total. The minimum Gasteiger partial charge on any atom is -0.490 e. The molecule has 2 aromatic rings. The van der Waals surface area contributed by atoms with Gasteiger partial charge in [-0.3, -0.25) is 0 Å². The SMILES string of the molecule is N#Cc1ccc(OC2CCOCC2)c2ccccc12. The van der Waals surface area contributed by atoms with Crippen molar-refractivity contribution in [3.05, 3.63) is 42.0 Å². The van der Waals surface area contributed by atoms with Crippen molar-refractivity contribution < 1.29 is 9.47 Å². The number of hydrogen-bond donors (Lipinski definition) is 0. The third-order valence-corrected chi connectivity index (χ3v) is 3.47. The van der Waals surface area contributed by atoms with Crippen LogP contribution in [0.4, 0.5) is 0 Å². The summed E-state index contributed by atoms with van der Waals surface area (Å²) in [4.78, 5) is 0. The fourth-order valence-electron chi connectivity index (χ4n) is 2.45. The van der Waals surface area contributed by atoms with E-state index in [0.717, 1.165) is 42.6 Å². The summed E-state index contributed by atoms with van der Waals surface area (Å²) in [6, 6.07) is 13.8. The number of fused-ring (bicyclic) bond motifs is 1. The summed E-state index contributed by atoms with van der Waals surface area (Å²) in [6.45, 7) is 1.53. The second-order valence-corrected chi connectivity index (χ2v) is 4.70. The first-order valence-corrected chi connectivity index (χ1v) is 6.55. The van der Waals surface area contributed by atoms with Gasteiger partial charge in [0, 0.05) is 23.6 Å². The van der Waals surface area contributed by atoms with Crippen LogP contribution in [-0.4, -0.2) is 19.3 Å². The quantitative estimate of drug-likeness (QED) is 0.825. The van der Waals surface area contributed by atoms with Crippen molar-refractivity contribution >= 4 is 10.8 Å². The molecule has 0 spiro atoms. The molecular weight excluding hydrogens is 238 g/mol. The van der Waals surface area contributed by atoms with E-state index in [1.807, 2.05) is 36.4 Å². The van der Waals surface area contributed by atoms with Crippen LogP contribution in [0.15, 0.2) is 36.4 Å². The Labute approximate surface area is 112 Å². The van der Waals surface area contributed by atoms with Crippen LogP contribution in [0.1, 0.15) is 18.4 Å². The van der Waals surface area contributed by atoms with Crippen LogP contribution in [0.25, 0.3) is 10.8 Å². The normalized spacial score (nSPS) is 16.2. The predicted molar refractivity (Wildman–Crippen MR) is 73.1 cm³/mol. The molecule has 0 amide bonds. The average molecular weight is 253 g/mol. The molecule has 1 aliphatic heterocycles. The van der Waals surface area contributed by atoms with Gasteiger partial charge in [-0.15, -0.1) is 0 Å². The number of nitriles is 1. The molecule has 0 aliphatic carbocycles. The fraction of sp³-hybridized carbons (Fsp3) is 0.312. The van der Waals surface area contributed by atoms with Gasteiger partial charge in [0.05, 0.1) is 24.8 Å². The van der Waals surface area contributed by atoms with Gasteiger partial charge >= 0.3 is 0 Å². The molecule has 0 unspecified atom stereocenters. The molecule has 2 aromatic carbocycles. The molecule has 1 fully saturated rings. The van der Waals surface area contributed by atoms with Crippen molar-refractivity contribution in [2.24, 2.45) is 0 Å². The van der Waals surface area contributed by atoms with Crippen LogP contribution in [-0.2, 0) is 4.74 Å². The van der Waals surface area contributed by atoms with Gasteiger partial charge in [0.1, 0.15) is 11.9 Å². The van der Waals surface area contributed by atoms with E-state index in [0.29, 0.717) is 5.56 Å². The average Bonchev–Trinajstić information content (AvgIpc) is 2.49. The summed E-state index contributed by atoms with van der Waals surface area (Å²) in [7, 11) is 0. The fourth-order valence-corrected chi connectivity index (χ4v) is 2.45. The first kappa shape index (κ1) is 12.0. The minimum absolute atomic E-state index is 0.213. The van der Waals surface area contributed by atoms with Gasteiger partial charge in [-0.2, -0.15) is 5.26 Å². The van der Waals surface area contributed by atoms with Gasteiger partial charge < -0.3 is 9.47 Å². The third-order valence-electron chi connectivity index (χ3n) is 3.47. The van der Waals surface area contributed by atoms with Gasteiger partial charge in [-0.1, -0.05) is 24.3 Å². The Balaban J connectivity index is 1.97. The topological polar surface area (TPSA) is 42.2 Å². The van der Waals surface area contributed by atoms with E-state index in [2.05, 4.69) is 6.07 Å². The highest BCUT2D eigenvalue weighted by atomic mass is 16.5. The second-order valence-electron chi connectivity index (χ2n) is 4.70. The van der Waals surface area contributed by atoms with Crippen LogP contribution in [0.2, 0.25) is 0 Å². The van der Waals surface area contributed by atoms with Crippen molar-refractivity contribution in [3.8, 4) is 11.8 Å². The van der Waals surface area contributed by atoms with Gasteiger partial charge in [-0.25, -0.2) is 0 Å². The van der Waals surface area contributed by atoms with Gasteiger partial charge in [-0.05, 0) is 12.1 Å². The Bertz CT molecular complexity index is 624. The number of nitrogens with zero attached hydrogens (tertiary/aromatic N) is 1. The highest BCUT2D eigenvalue weighted by molar-refractivity contribution is 5.92. The first-order valence-electron chi connectivity index (χ1n) is 6.55. The summed E-state index contributed by atoms with van der Waals surface area (Å²) < 4.78 is 11.4. The van der Waals surface area contributed by atoms with E-state index in [1.165, 1.54) is 0 Å². The van der Waals surface area contributed by atoms with Crippen LogP contribution in [0, 0.1) is 11.3 Å². The van der Waals surface area contributed by atoms with Crippen molar-refractivity contribution in [1.29, 1.82) is 5.26 Å². The van der Waals surface area contributed by atoms with E-state index < -0.39 is 0 Å². The zero-order valence-electron chi connectivity index (χ0n) is 10.6. The summed E-state index contributed by atoms with van der Waals surface area (Å²) in [6.07, 6.45) is 2.06. The maximum absolute atomic E-state index is 9.14. The lowest BCUT2D eigenvalue weighted by atomic mass is 10.0. The minimum atomic E-state index is 0.213. The molecule has 0 atom stereocenters. The second kappa shape index (κ2) is 5.29. The van der Waals surface area contributed by atoms with Crippen molar-refractivity contribution in [2.75, 3.05) is 13.2 Å². The van der Waals surface area contributed by atoms with Crippen LogP contribution in [0.5, 0.6) is 5.75 Å². The van der Waals surface area contributed by atoms with Crippen molar-refractivity contribution in [1.82, 2.24) is 0 Å². The summed E-state index contributed by atoms with van der Waals surface area (Å²) >= 11 is 0. The summed E-state index contributed by atoms with van der Waals surface area (Å²) in [5.41, 5.74) is 0.690. The van der Waals surface area contributed by atoms with Crippen LogP contribution < -0.4 is 4.74 Å². The van der Waals surface area contributed by atoms with E-state index in [4.69, 9.17) is 14.7 Å². The molecule has 3 nitrogen and oxygen atoms in total. The lowest BCUT2D eigenvalue weighted by molar-refractivity contribution is 0.0262. The number of rotatable bonds is 2. The van der Waals surface area contributed by atoms with Crippen LogP contribution >= 0.6 is 0 Å². The molecule has 0 saturated carbocycles. The van der Waals surface area contributed by atoms with Gasteiger partial charge in [0.25, 0.3) is 0 Å². The standard InChI is InChI=1S/C16H15NO2/c17-11-12-5-6-16(15-4-2-1-3-14(12)15)19-13-7-9-18-10-8-13/h1-6,13H,7-10H2. The predicted octanol–water partition coefficient (Wildman–Crippen LogP) is 3.27. The maximum Gasteiger partial charge on any atom is 0.127 e. The van der Waals surface area contributed by atoms with E-state index in [-0.39, 0.29) is 6.10 Å². The molecule has 0 bridgehead atoms. The van der Waals surface area contributed by atoms with E-state index >= 15 is 0 Å². The molecular formula is C16H15NO2. The molecule has 3 rings (SSSR count).